The number of carbonyl (C=O) groups is 1. The number of hydrogen-bond donors (Lipinski definition) is 1. The van der Waals surface area contributed by atoms with Crippen molar-refractivity contribution in [3.8, 4) is 0 Å². The summed E-state index contributed by atoms with van der Waals surface area (Å²) < 4.78 is 0. The average molecular weight is 390 g/mol. The van der Waals surface area contributed by atoms with E-state index in [0.717, 1.165) is 22.3 Å². The quantitative estimate of drug-likeness (QED) is 0.322. The highest BCUT2D eigenvalue weighted by atomic mass is 16.3. The Bertz CT molecular complexity index is 1230. The van der Waals surface area contributed by atoms with E-state index >= 15 is 0 Å². The summed E-state index contributed by atoms with van der Waals surface area (Å²) >= 11 is 0. The van der Waals surface area contributed by atoms with E-state index in [9.17, 15) is 9.70 Å². The molecule has 5 rings (SSSR count). The first-order chi connectivity index (χ1) is 14.7. The van der Waals surface area contributed by atoms with E-state index in [1.807, 2.05) is 84.9 Å². The SMILES string of the molecule is Nc1ccc(C2(c3ccc(N=O)cc3)c3ccccc3C(=O)c3ccccc32)cc1. The molecule has 0 radical (unpaired) electrons. The number of nitroso groups, excluding NO2 is 1. The molecule has 4 aromatic rings. The second-order valence-electron chi connectivity index (χ2n) is 7.43. The van der Waals surface area contributed by atoms with E-state index < -0.39 is 5.41 Å². The highest BCUT2D eigenvalue weighted by molar-refractivity contribution is 6.14. The fraction of sp³-hybridized carbons (Fsp3) is 0.0385. The number of nitrogen functional groups attached to an aromatic ring is 1. The van der Waals surface area contributed by atoms with Crippen LogP contribution in [0.4, 0.5) is 11.4 Å². The zero-order valence-electron chi connectivity index (χ0n) is 16.1. The smallest absolute Gasteiger partial charge is 0.193 e. The van der Waals surface area contributed by atoms with E-state index in [-0.39, 0.29) is 5.78 Å². The van der Waals surface area contributed by atoms with Crippen molar-refractivity contribution < 1.29 is 4.79 Å². The van der Waals surface area contributed by atoms with E-state index in [4.69, 9.17) is 5.73 Å². The van der Waals surface area contributed by atoms with Gasteiger partial charge in [-0.1, -0.05) is 72.8 Å². The fourth-order valence-corrected chi connectivity index (χ4v) is 4.60. The molecule has 0 fully saturated rings. The topological polar surface area (TPSA) is 72.5 Å². The molecule has 0 aliphatic heterocycles. The first-order valence-corrected chi connectivity index (χ1v) is 9.70. The molecule has 144 valence electrons. The lowest BCUT2D eigenvalue weighted by atomic mass is 9.59. The number of carbonyl (C=O) groups excluding carboxylic acids is 1. The maximum Gasteiger partial charge on any atom is 0.193 e. The Kier molecular flexibility index (Phi) is 4.07. The van der Waals surface area contributed by atoms with Gasteiger partial charge in [-0.3, -0.25) is 4.79 Å². The van der Waals surface area contributed by atoms with Crippen molar-refractivity contribution in [1.29, 1.82) is 0 Å². The van der Waals surface area contributed by atoms with Crippen molar-refractivity contribution in [2.45, 2.75) is 5.41 Å². The first kappa shape index (κ1) is 18.0. The van der Waals surface area contributed by atoms with Crippen LogP contribution in [0, 0.1) is 4.91 Å². The molecule has 4 aromatic carbocycles. The summed E-state index contributed by atoms with van der Waals surface area (Å²) in [6.07, 6.45) is 0. The zero-order chi connectivity index (χ0) is 20.7. The van der Waals surface area contributed by atoms with Crippen LogP contribution in [0.25, 0.3) is 0 Å². The number of anilines is 1. The molecule has 0 spiro atoms. The van der Waals surface area contributed by atoms with Crippen molar-refractivity contribution in [3.05, 3.63) is 135 Å². The largest absolute Gasteiger partial charge is 0.399 e. The second kappa shape index (κ2) is 6.78. The van der Waals surface area contributed by atoms with Crippen LogP contribution >= 0.6 is 0 Å². The van der Waals surface area contributed by atoms with Crippen LogP contribution in [-0.4, -0.2) is 5.78 Å². The predicted molar refractivity (Wildman–Crippen MR) is 118 cm³/mol. The molecule has 0 heterocycles. The van der Waals surface area contributed by atoms with E-state index in [1.54, 1.807) is 12.1 Å². The molecule has 4 heteroatoms. The van der Waals surface area contributed by atoms with Crippen LogP contribution in [0.3, 0.4) is 0 Å². The molecule has 0 atom stereocenters. The maximum atomic E-state index is 13.3. The van der Waals surface area contributed by atoms with Crippen molar-refractivity contribution in [3.63, 3.8) is 0 Å². The lowest BCUT2D eigenvalue weighted by molar-refractivity contribution is 0.103. The fourth-order valence-electron chi connectivity index (χ4n) is 4.60. The third-order valence-corrected chi connectivity index (χ3v) is 5.90. The van der Waals surface area contributed by atoms with Crippen LogP contribution in [0.1, 0.15) is 38.2 Å². The zero-order valence-corrected chi connectivity index (χ0v) is 16.1. The third-order valence-electron chi connectivity index (χ3n) is 5.90. The molecular formula is C26H18N2O2. The molecule has 1 aliphatic carbocycles. The predicted octanol–water partition coefficient (Wildman–Crippen LogP) is 5.59. The van der Waals surface area contributed by atoms with E-state index in [0.29, 0.717) is 22.5 Å². The Morgan fingerprint density at radius 1 is 0.633 bits per heavy atom. The molecule has 0 saturated carbocycles. The van der Waals surface area contributed by atoms with Gasteiger partial charge in [-0.05, 0) is 51.7 Å². The van der Waals surface area contributed by atoms with Crippen molar-refractivity contribution in [2.75, 3.05) is 5.73 Å². The van der Waals surface area contributed by atoms with Crippen molar-refractivity contribution >= 4 is 17.2 Å². The molecule has 2 N–H and O–H groups in total. The van der Waals surface area contributed by atoms with Crippen LogP contribution in [0.2, 0.25) is 0 Å². The lowest BCUT2D eigenvalue weighted by Crippen LogP contribution is -2.38. The number of rotatable bonds is 3. The van der Waals surface area contributed by atoms with Crippen LogP contribution < -0.4 is 5.73 Å². The Labute approximate surface area is 174 Å². The second-order valence-corrected chi connectivity index (χ2v) is 7.43. The molecule has 0 bridgehead atoms. The number of hydrogen-bond acceptors (Lipinski definition) is 4. The molecule has 0 amide bonds. The summed E-state index contributed by atoms with van der Waals surface area (Å²) in [5.74, 6) is 0.0125. The molecule has 30 heavy (non-hydrogen) atoms. The molecule has 0 saturated heterocycles. The standard InChI is InChI=1S/C26H18N2O2/c27-19-13-9-17(10-14-19)26(18-11-15-20(28-30)16-12-18)23-7-3-1-5-21(23)25(29)22-6-2-4-8-24(22)26/h1-16H,27H2. The first-order valence-electron chi connectivity index (χ1n) is 9.70. The molecule has 0 unspecified atom stereocenters. The van der Waals surface area contributed by atoms with E-state index in [1.165, 1.54) is 0 Å². The van der Waals surface area contributed by atoms with Gasteiger partial charge in [0.15, 0.2) is 5.78 Å². The molecular weight excluding hydrogens is 372 g/mol. The summed E-state index contributed by atoms with van der Waals surface area (Å²) in [6, 6.07) is 30.4. The van der Waals surface area contributed by atoms with Gasteiger partial charge < -0.3 is 5.73 Å². The van der Waals surface area contributed by atoms with E-state index in [2.05, 4.69) is 5.18 Å². The number of nitrogens with zero attached hydrogens (tertiary/aromatic N) is 1. The monoisotopic (exact) mass is 390 g/mol. The Balaban J connectivity index is 1.96. The van der Waals surface area contributed by atoms with Gasteiger partial charge in [0.1, 0.15) is 5.69 Å². The van der Waals surface area contributed by atoms with Crippen molar-refractivity contribution in [1.82, 2.24) is 0 Å². The number of benzene rings is 4. The third kappa shape index (κ3) is 2.44. The van der Waals surface area contributed by atoms with Gasteiger partial charge in [0, 0.05) is 16.8 Å². The van der Waals surface area contributed by atoms with Crippen LogP contribution in [0.15, 0.2) is 102 Å². The summed E-state index contributed by atoms with van der Waals surface area (Å²) in [6.45, 7) is 0. The van der Waals surface area contributed by atoms with Gasteiger partial charge in [0.05, 0.1) is 5.41 Å². The Hall–Kier alpha value is -4.05. The van der Waals surface area contributed by atoms with Gasteiger partial charge in [0.2, 0.25) is 0 Å². The number of fused-ring (bicyclic) bond motifs is 2. The van der Waals surface area contributed by atoms with Crippen LogP contribution in [0.5, 0.6) is 0 Å². The summed E-state index contributed by atoms with van der Waals surface area (Å²) in [5, 5.41) is 3.04. The van der Waals surface area contributed by atoms with Crippen LogP contribution in [-0.2, 0) is 5.41 Å². The Morgan fingerprint density at radius 3 is 1.60 bits per heavy atom. The maximum absolute atomic E-state index is 13.3. The molecule has 4 nitrogen and oxygen atoms in total. The summed E-state index contributed by atoms with van der Waals surface area (Å²) in [7, 11) is 0. The van der Waals surface area contributed by atoms with Gasteiger partial charge in [0.25, 0.3) is 0 Å². The lowest BCUT2D eigenvalue weighted by Gasteiger charge is -2.41. The minimum absolute atomic E-state index is 0.0125. The minimum atomic E-state index is -0.726. The summed E-state index contributed by atoms with van der Waals surface area (Å²) in [4.78, 5) is 24.3. The molecule has 1 aliphatic rings. The van der Waals surface area contributed by atoms with Gasteiger partial charge in [-0.15, -0.1) is 4.91 Å². The van der Waals surface area contributed by atoms with Crippen molar-refractivity contribution in [2.24, 2.45) is 5.18 Å². The average Bonchev–Trinajstić information content (AvgIpc) is 2.81. The molecule has 0 aromatic heterocycles. The summed E-state index contributed by atoms with van der Waals surface area (Å²) in [5.41, 5.74) is 11.4. The van der Waals surface area contributed by atoms with Gasteiger partial charge >= 0.3 is 0 Å². The minimum Gasteiger partial charge on any atom is -0.399 e. The van der Waals surface area contributed by atoms with Gasteiger partial charge in [-0.2, -0.15) is 0 Å². The van der Waals surface area contributed by atoms with Gasteiger partial charge in [-0.25, -0.2) is 0 Å². The number of ketones is 1. The number of nitrogens with two attached hydrogens (primary N) is 1. The highest BCUT2D eigenvalue weighted by Crippen LogP contribution is 2.50. The highest BCUT2D eigenvalue weighted by Gasteiger charge is 2.46. The normalized spacial score (nSPS) is 13.9. The Morgan fingerprint density at radius 2 is 1.10 bits per heavy atom.